The summed E-state index contributed by atoms with van der Waals surface area (Å²) in [5.74, 6) is 0.00754. The van der Waals surface area contributed by atoms with Crippen molar-refractivity contribution in [2.45, 2.75) is 25.9 Å². The molecule has 0 radical (unpaired) electrons. The number of nitrogens with zero attached hydrogens (tertiary/aromatic N) is 2. The Hall–Kier alpha value is -1.90. The lowest BCUT2D eigenvalue weighted by Crippen LogP contribution is -2.38. The number of Topliss-reactive ketones (excluding diaryl/α,β-unsaturated/α-hetero) is 1. The summed E-state index contributed by atoms with van der Waals surface area (Å²) in [6.45, 7) is 3.52. The van der Waals surface area contributed by atoms with E-state index in [1.807, 2.05) is 0 Å². The van der Waals surface area contributed by atoms with E-state index in [1.54, 1.807) is 25.1 Å². The molecule has 0 aromatic heterocycles. The van der Waals surface area contributed by atoms with E-state index in [1.165, 1.54) is 0 Å². The number of piperidine rings is 1. The van der Waals surface area contributed by atoms with Crippen molar-refractivity contribution in [2.24, 2.45) is 0 Å². The SMILES string of the molecule is CC(=O)c1ccc(C#N)cc1N1CCC(OCCO)CC1. The number of hydrogen-bond donors (Lipinski definition) is 1. The average molecular weight is 288 g/mol. The largest absolute Gasteiger partial charge is 0.394 e. The third-order valence-corrected chi connectivity index (χ3v) is 3.73. The first-order valence-corrected chi connectivity index (χ1v) is 7.18. The maximum Gasteiger partial charge on any atom is 0.161 e. The number of benzene rings is 1. The summed E-state index contributed by atoms with van der Waals surface area (Å²) in [6, 6.07) is 7.31. The highest BCUT2D eigenvalue weighted by Gasteiger charge is 2.22. The Bertz CT molecular complexity index is 543. The van der Waals surface area contributed by atoms with E-state index in [0.29, 0.717) is 17.7 Å². The molecule has 1 aromatic rings. The molecule has 1 aliphatic rings. The van der Waals surface area contributed by atoms with Gasteiger partial charge in [-0.25, -0.2) is 0 Å². The molecule has 0 atom stereocenters. The Morgan fingerprint density at radius 3 is 2.76 bits per heavy atom. The Kier molecular flexibility index (Phi) is 5.32. The number of ether oxygens (including phenoxy) is 1. The highest BCUT2D eigenvalue weighted by molar-refractivity contribution is 6.00. The number of hydrogen-bond acceptors (Lipinski definition) is 5. The van der Waals surface area contributed by atoms with Crippen LogP contribution in [0.5, 0.6) is 0 Å². The number of aliphatic hydroxyl groups is 1. The van der Waals surface area contributed by atoms with Gasteiger partial charge in [-0.05, 0) is 38.0 Å². The fourth-order valence-electron chi connectivity index (χ4n) is 2.64. The van der Waals surface area contributed by atoms with Crippen LogP contribution in [0.3, 0.4) is 0 Å². The topological polar surface area (TPSA) is 73.6 Å². The minimum Gasteiger partial charge on any atom is -0.394 e. The van der Waals surface area contributed by atoms with Crippen LogP contribution in [0, 0.1) is 11.3 Å². The van der Waals surface area contributed by atoms with Gasteiger partial charge in [0.1, 0.15) is 0 Å². The first-order valence-electron chi connectivity index (χ1n) is 7.18. The van der Waals surface area contributed by atoms with Crippen LogP contribution in [-0.4, -0.2) is 43.3 Å². The molecule has 1 aliphatic heterocycles. The number of rotatable bonds is 5. The highest BCUT2D eigenvalue weighted by atomic mass is 16.5. The van der Waals surface area contributed by atoms with Crippen LogP contribution in [-0.2, 0) is 4.74 Å². The van der Waals surface area contributed by atoms with Crippen molar-refractivity contribution >= 4 is 11.5 Å². The molecular formula is C16H20N2O3. The van der Waals surface area contributed by atoms with Gasteiger partial charge >= 0.3 is 0 Å². The van der Waals surface area contributed by atoms with Crippen LogP contribution >= 0.6 is 0 Å². The van der Waals surface area contributed by atoms with Crippen LogP contribution in [0.2, 0.25) is 0 Å². The number of ketones is 1. The van der Waals surface area contributed by atoms with Gasteiger partial charge in [0.2, 0.25) is 0 Å². The van der Waals surface area contributed by atoms with Gasteiger partial charge in [-0.2, -0.15) is 5.26 Å². The average Bonchev–Trinajstić information content (AvgIpc) is 2.52. The van der Waals surface area contributed by atoms with Crippen molar-refractivity contribution in [3.8, 4) is 6.07 Å². The maximum atomic E-state index is 11.8. The third kappa shape index (κ3) is 3.81. The van der Waals surface area contributed by atoms with E-state index in [2.05, 4.69) is 11.0 Å². The summed E-state index contributed by atoms with van der Waals surface area (Å²) < 4.78 is 5.54. The Morgan fingerprint density at radius 1 is 1.48 bits per heavy atom. The van der Waals surface area contributed by atoms with Crippen molar-refractivity contribution in [3.63, 3.8) is 0 Å². The molecule has 1 aromatic carbocycles. The van der Waals surface area contributed by atoms with Gasteiger partial charge < -0.3 is 14.7 Å². The molecule has 5 nitrogen and oxygen atoms in total. The van der Waals surface area contributed by atoms with Gasteiger partial charge in [-0.1, -0.05) is 0 Å². The van der Waals surface area contributed by atoms with E-state index in [-0.39, 0.29) is 18.5 Å². The van der Waals surface area contributed by atoms with E-state index in [0.717, 1.165) is 31.6 Å². The molecule has 0 spiro atoms. The quantitative estimate of drug-likeness (QED) is 0.835. The number of anilines is 1. The zero-order valence-corrected chi connectivity index (χ0v) is 12.2. The molecule has 0 amide bonds. The van der Waals surface area contributed by atoms with E-state index >= 15 is 0 Å². The zero-order chi connectivity index (χ0) is 15.2. The first kappa shape index (κ1) is 15.5. The smallest absolute Gasteiger partial charge is 0.161 e. The molecule has 0 saturated carbocycles. The summed E-state index contributed by atoms with van der Waals surface area (Å²) in [5, 5.41) is 17.8. The van der Waals surface area contributed by atoms with Gasteiger partial charge in [0.05, 0.1) is 31.0 Å². The first-order chi connectivity index (χ1) is 10.2. The van der Waals surface area contributed by atoms with Crippen LogP contribution in [0.4, 0.5) is 5.69 Å². The fourth-order valence-corrected chi connectivity index (χ4v) is 2.64. The fraction of sp³-hybridized carbons (Fsp3) is 0.500. The summed E-state index contributed by atoms with van der Waals surface area (Å²) in [5.41, 5.74) is 2.06. The lowest BCUT2D eigenvalue weighted by Gasteiger charge is -2.34. The van der Waals surface area contributed by atoms with E-state index < -0.39 is 0 Å². The van der Waals surface area contributed by atoms with Crippen LogP contribution in [0.1, 0.15) is 35.7 Å². The molecule has 0 unspecified atom stereocenters. The number of carbonyl (C=O) groups is 1. The van der Waals surface area contributed by atoms with Crippen LogP contribution < -0.4 is 4.90 Å². The predicted molar refractivity (Wildman–Crippen MR) is 79.4 cm³/mol. The summed E-state index contributed by atoms with van der Waals surface area (Å²) >= 11 is 0. The van der Waals surface area contributed by atoms with Crippen molar-refractivity contribution in [2.75, 3.05) is 31.2 Å². The number of aliphatic hydroxyl groups excluding tert-OH is 1. The molecule has 0 bridgehead atoms. The minimum atomic E-state index is 0.00754. The molecule has 21 heavy (non-hydrogen) atoms. The zero-order valence-electron chi connectivity index (χ0n) is 12.2. The van der Waals surface area contributed by atoms with Crippen molar-refractivity contribution in [1.82, 2.24) is 0 Å². The highest BCUT2D eigenvalue weighted by Crippen LogP contribution is 2.26. The van der Waals surface area contributed by atoms with Crippen molar-refractivity contribution < 1.29 is 14.6 Å². The Labute approximate surface area is 124 Å². The second-order valence-electron chi connectivity index (χ2n) is 5.18. The van der Waals surface area contributed by atoms with Gasteiger partial charge in [0.15, 0.2) is 5.78 Å². The van der Waals surface area contributed by atoms with Crippen LogP contribution in [0.15, 0.2) is 18.2 Å². The van der Waals surface area contributed by atoms with E-state index in [4.69, 9.17) is 15.1 Å². The molecular weight excluding hydrogens is 268 g/mol. The molecule has 112 valence electrons. The second kappa shape index (κ2) is 7.21. The molecule has 1 heterocycles. The molecule has 1 fully saturated rings. The van der Waals surface area contributed by atoms with Crippen molar-refractivity contribution in [3.05, 3.63) is 29.3 Å². The lowest BCUT2D eigenvalue weighted by molar-refractivity contribution is 0.0159. The Morgan fingerprint density at radius 2 is 2.19 bits per heavy atom. The predicted octanol–water partition coefficient (Wildman–Crippen LogP) is 1.74. The Balaban J connectivity index is 2.12. The van der Waals surface area contributed by atoms with E-state index in [9.17, 15) is 4.79 Å². The third-order valence-electron chi connectivity index (χ3n) is 3.73. The summed E-state index contributed by atoms with van der Waals surface area (Å²) in [7, 11) is 0. The van der Waals surface area contributed by atoms with Gasteiger partial charge in [0.25, 0.3) is 0 Å². The van der Waals surface area contributed by atoms with Gasteiger partial charge in [-0.3, -0.25) is 4.79 Å². The minimum absolute atomic E-state index is 0.00754. The standard InChI is InChI=1S/C16H20N2O3/c1-12(20)15-3-2-13(11-17)10-16(15)18-6-4-14(5-7-18)21-9-8-19/h2-3,10,14,19H,4-9H2,1H3. The molecule has 0 aliphatic carbocycles. The van der Waals surface area contributed by atoms with Gasteiger partial charge in [-0.15, -0.1) is 0 Å². The molecule has 1 N–H and O–H groups in total. The molecule has 5 heteroatoms. The summed E-state index contributed by atoms with van der Waals surface area (Å²) in [6.07, 6.45) is 1.87. The normalized spacial score (nSPS) is 15.8. The molecule has 2 rings (SSSR count). The lowest BCUT2D eigenvalue weighted by atomic mass is 10.0. The number of carbonyl (C=O) groups excluding carboxylic acids is 1. The number of nitriles is 1. The van der Waals surface area contributed by atoms with Gasteiger partial charge in [0, 0.05) is 24.3 Å². The van der Waals surface area contributed by atoms with Crippen molar-refractivity contribution in [1.29, 1.82) is 5.26 Å². The molecule has 1 saturated heterocycles. The second-order valence-corrected chi connectivity index (χ2v) is 5.18. The maximum absolute atomic E-state index is 11.8. The van der Waals surface area contributed by atoms with Crippen LogP contribution in [0.25, 0.3) is 0 Å². The summed E-state index contributed by atoms with van der Waals surface area (Å²) in [4.78, 5) is 13.9. The monoisotopic (exact) mass is 288 g/mol.